The molecule has 8 heteroatoms. The number of carbonyl (C=O) groups is 2. The highest BCUT2D eigenvalue weighted by molar-refractivity contribution is 5.77. The summed E-state index contributed by atoms with van der Waals surface area (Å²) >= 11 is 0. The van der Waals surface area contributed by atoms with Crippen molar-refractivity contribution in [3.63, 3.8) is 0 Å². The lowest BCUT2D eigenvalue weighted by atomic mass is 10.1. The van der Waals surface area contributed by atoms with Crippen molar-refractivity contribution in [1.29, 1.82) is 0 Å². The summed E-state index contributed by atoms with van der Waals surface area (Å²) < 4.78 is 10.5. The van der Waals surface area contributed by atoms with Gasteiger partial charge in [0.1, 0.15) is 17.4 Å². The number of nitro groups is 1. The number of benzene rings is 1. The van der Waals surface area contributed by atoms with Crippen LogP contribution in [0.2, 0.25) is 0 Å². The van der Waals surface area contributed by atoms with E-state index in [1.54, 1.807) is 20.8 Å². The lowest BCUT2D eigenvalue weighted by molar-refractivity contribution is -0.384. The minimum absolute atomic E-state index is 0.0718. The van der Waals surface area contributed by atoms with Crippen LogP contribution in [0.15, 0.2) is 24.3 Å². The Kier molecular flexibility index (Phi) is 5.73. The number of hydrogen-bond acceptors (Lipinski definition) is 7. The summed E-state index contributed by atoms with van der Waals surface area (Å²) in [6.07, 6.45) is 1.37. The number of ether oxygens (including phenoxy) is 2. The summed E-state index contributed by atoms with van der Waals surface area (Å²) in [4.78, 5) is 34.1. The van der Waals surface area contributed by atoms with Crippen LogP contribution in [-0.2, 0) is 14.3 Å². The van der Waals surface area contributed by atoms with Crippen molar-refractivity contribution in [2.75, 3.05) is 0 Å². The molecule has 1 saturated heterocycles. The van der Waals surface area contributed by atoms with Crippen molar-refractivity contribution in [3.05, 3.63) is 34.4 Å². The molecule has 0 aromatic heterocycles. The molecule has 8 nitrogen and oxygen atoms in total. The smallest absolute Gasteiger partial charge is 0.323 e. The summed E-state index contributed by atoms with van der Waals surface area (Å²) in [5, 5.41) is 13.7. The molecule has 0 spiro atoms. The van der Waals surface area contributed by atoms with Crippen molar-refractivity contribution < 1.29 is 24.0 Å². The van der Waals surface area contributed by atoms with Crippen LogP contribution in [0.3, 0.4) is 0 Å². The Morgan fingerprint density at radius 2 is 1.88 bits per heavy atom. The molecule has 2 rings (SSSR count). The van der Waals surface area contributed by atoms with E-state index < -0.39 is 22.5 Å². The van der Waals surface area contributed by atoms with Crippen molar-refractivity contribution >= 4 is 17.6 Å². The standard InChI is InChI=1S/C17H22N2O6/c1-17(2,3)25-16(21)14-9-4-11(18-14)10-15(20)24-13-7-5-12(6-8-13)19(22)23/h5-8,11,14,18H,4,9-10H2,1-3H3/t11-,14-/m0/s1. The molecule has 0 unspecified atom stereocenters. The summed E-state index contributed by atoms with van der Waals surface area (Å²) in [7, 11) is 0. The largest absolute Gasteiger partial charge is 0.459 e. The Balaban J connectivity index is 1.81. The van der Waals surface area contributed by atoms with Gasteiger partial charge >= 0.3 is 11.9 Å². The van der Waals surface area contributed by atoms with E-state index in [-0.39, 0.29) is 29.9 Å². The van der Waals surface area contributed by atoms with Crippen LogP contribution in [0.25, 0.3) is 0 Å². The summed E-state index contributed by atoms with van der Waals surface area (Å²) in [6.45, 7) is 5.41. The van der Waals surface area contributed by atoms with Crippen LogP contribution in [0.4, 0.5) is 5.69 Å². The van der Waals surface area contributed by atoms with Crippen LogP contribution >= 0.6 is 0 Å². The topological polar surface area (TPSA) is 108 Å². The van der Waals surface area contributed by atoms with Gasteiger partial charge in [0.15, 0.2) is 0 Å². The predicted molar refractivity (Wildman–Crippen MR) is 89.1 cm³/mol. The molecule has 1 aromatic carbocycles. The van der Waals surface area contributed by atoms with E-state index in [9.17, 15) is 19.7 Å². The van der Waals surface area contributed by atoms with Gasteiger partial charge in [0.25, 0.3) is 5.69 Å². The van der Waals surface area contributed by atoms with Crippen LogP contribution in [0.5, 0.6) is 5.75 Å². The number of esters is 2. The van der Waals surface area contributed by atoms with Crippen LogP contribution in [-0.4, -0.2) is 34.5 Å². The molecule has 0 aliphatic carbocycles. The minimum atomic E-state index is -0.550. The van der Waals surface area contributed by atoms with Gasteiger partial charge in [-0.05, 0) is 45.7 Å². The second-order valence-electron chi connectivity index (χ2n) is 6.96. The zero-order valence-corrected chi connectivity index (χ0v) is 14.5. The average Bonchev–Trinajstić information content (AvgIpc) is 2.94. The molecule has 1 fully saturated rings. The summed E-state index contributed by atoms with van der Waals surface area (Å²) in [5.41, 5.74) is -0.622. The molecule has 0 radical (unpaired) electrons. The molecule has 136 valence electrons. The third-order valence-electron chi connectivity index (χ3n) is 3.62. The van der Waals surface area contributed by atoms with E-state index in [0.29, 0.717) is 12.8 Å². The first-order chi connectivity index (χ1) is 11.6. The first-order valence-corrected chi connectivity index (χ1v) is 8.08. The fourth-order valence-corrected chi connectivity index (χ4v) is 2.55. The molecule has 2 atom stereocenters. The lowest BCUT2D eigenvalue weighted by Gasteiger charge is -2.22. The normalized spacial score (nSPS) is 20.1. The van der Waals surface area contributed by atoms with Gasteiger partial charge in [0, 0.05) is 18.2 Å². The van der Waals surface area contributed by atoms with E-state index in [1.807, 2.05) is 0 Å². The predicted octanol–water partition coefficient (Wildman–Crippen LogP) is 2.35. The minimum Gasteiger partial charge on any atom is -0.459 e. The molecule has 1 aliphatic heterocycles. The first-order valence-electron chi connectivity index (χ1n) is 8.08. The monoisotopic (exact) mass is 350 g/mol. The molecule has 0 bridgehead atoms. The van der Waals surface area contributed by atoms with Gasteiger partial charge in [-0.15, -0.1) is 0 Å². The van der Waals surface area contributed by atoms with E-state index in [2.05, 4.69) is 5.32 Å². The van der Waals surface area contributed by atoms with Gasteiger partial charge in [0.2, 0.25) is 0 Å². The molecule has 0 amide bonds. The fraction of sp³-hybridized carbons (Fsp3) is 0.529. The van der Waals surface area contributed by atoms with Crippen molar-refractivity contribution in [2.24, 2.45) is 0 Å². The fourth-order valence-electron chi connectivity index (χ4n) is 2.55. The first kappa shape index (κ1) is 18.9. The van der Waals surface area contributed by atoms with Gasteiger partial charge in [-0.1, -0.05) is 0 Å². The number of hydrogen-bond donors (Lipinski definition) is 1. The third-order valence-corrected chi connectivity index (χ3v) is 3.62. The Labute approximate surface area is 145 Å². The maximum atomic E-state index is 12.0. The average molecular weight is 350 g/mol. The number of rotatable bonds is 5. The van der Waals surface area contributed by atoms with E-state index >= 15 is 0 Å². The van der Waals surface area contributed by atoms with Gasteiger partial charge in [-0.2, -0.15) is 0 Å². The number of non-ortho nitro benzene ring substituents is 1. The molecular weight excluding hydrogens is 328 g/mol. The molecule has 1 heterocycles. The zero-order chi connectivity index (χ0) is 18.6. The summed E-state index contributed by atoms with van der Waals surface area (Å²) in [6, 6.07) is 4.71. The maximum absolute atomic E-state index is 12.0. The van der Waals surface area contributed by atoms with Gasteiger partial charge in [-0.3, -0.25) is 19.7 Å². The van der Waals surface area contributed by atoms with E-state index in [1.165, 1.54) is 24.3 Å². The number of nitro benzene ring substituents is 1. The number of carbonyl (C=O) groups excluding carboxylic acids is 2. The Morgan fingerprint density at radius 3 is 2.44 bits per heavy atom. The van der Waals surface area contributed by atoms with Gasteiger partial charge in [0.05, 0.1) is 11.3 Å². The van der Waals surface area contributed by atoms with Crippen LogP contribution in [0, 0.1) is 10.1 Å². The molecule has 1 aliphatic rings. The Morgan fingerprint density at radius 1 is 1.24 bits per heavy atom. The Hall–Kier alpha value is -2.48. The van der Waals surface area contributed by atoms with E-state index in [4.69, 9.17) is 9.47 Å². The lowest BCUT2D eigenvalue weighted by Crippen LogP contribution is -2.40. The zero-order valence-electron chi connectivity index (χ0n) is 14.5. The highest BCUT2D eigenvalue weighted by Crippen LogP contribution is 2.21. The van der Waals surface area contributed by atoms with E-state index in [0.717, 1.165) is 0 Å². The van der Waals surface area contributed by atoms with Crippen molar-refractivity contribution in [1.82, 2.24) is 5.32 Å². The highest BCUT2D eigenvalue weighted by Gasteiger charge is 2.33. The third kappa shape index (κ3) is 5.82. The van der Waals surface area contributed by atoms with Gasteiger partial charge in [-0.25, -0.2) is 0 Å². The molecule has 1 aromatic rings. The molecule has 25 heavy (non-hydrogen) atoms. The highest BCUT2D eigenvalue weighted by atomic mass is 16.6. The van der Waals surface area contributed by atoms with Crippen LogP contribution in [0.1, 0.15) is 40.0 Å². The molecule has 1 N–H and O–H groups in total. The van der Waals surface area contributed by atoms with Crippen LogP contribution < -0.4 is 10.1 Å². The second-order valence-corrected chi connectivity index (χ2v) is 6.96. The van der Waals surface area contributed by atoms with Gasteiger partial charge < -0.3 is 14.8 Å². The summed E-state index contributed by atoms with van der Waals surface area (Å²) in [5.74, 6) is -0.535. The SMILES string of the molecule is CC(C)(C)OC(=O)[C@@H]1CC[C@@H](CC(=O)Oc2ccc([N+](=O)[O-])cc2)N1. The molecular formula is C17H22N2O6. The number of nitrogens with zero attached hydrogens (tertiary/aromatic N) is 1. The number of nitrogens with one attached hydrogen (secondary N) is 1. The van der Waals surface area contributed by atoms with Crippen molar-refractivity contribution in [3.8, 4) is 5.75 Å². The Bertz CT molecular complexity index is 650. The second kappa shape index (κ2) is 7.60. The molecule has 0 saturated carbocycles. The van der Waals surface area contributed by atoms with Crippen molar-refractivity contribution in [2.45, 2.75) is 57.7 Å². The quantitative estimate of drug-likeness (QED) is 0.376. The maximum Gasteiger partial charge on any atom is 0.323 e.